The summed E-state index contributed by atoms with van der Waals surface area (Å²) in [6.45, 7) is 2.35. The molecule has 0 aromatic heterocycles. The van der Waals surface area contributed by atoms with Gasteiger partial charge in [-0.05, 0) is 19.1 Å². The van der Waals surface area contributed by atoms with Gasteiger partial charge in [-0.3, -0.25) is 19.3 Å². The summed E-state index contributed by atoms with van der Waals surface area (Å²) in [5.41, 5.74) is 0.946. The Balaban J connectivity index is 1.89. The topological polar surface area (TPSA) is 156 Å². The standard InChI is InChI=1S/C18H18N2O9S/c1-9-3-5-11(6-4-9)14(22)19-13-15(23)20-16(29-18(24)25)12(7-28-10(2)21)8-30(26,27)17(13)20/h3-6,13,17H,7-8H2,1-2H3,(H,19,22)(H,24,25)/t13?,17-/m0/s1. The minimum Gasteiger partial charge on any atom is -0.461 e. The Morgan fingerprint density at radius 2 is 1.87 bits per heavy atom. The number of amides is 2. The number of carbonyl (C=O) groups excluding carboxylic acids is 3. The number of benzene rings is 1. The fourth-order valence-corrected chi connectivity index (χ4v) is 5.15. The summed E-state index contributed by atoms with van der Waals surface area (Å²) >= 11 is 0. The molecule has 1 aromatic carbocycles. The van der Waals surface area contributed by atoms with E-state index in [1.165, 1.54) is 12.1 Å². The van der Waals surface area contributed by atoms with E-state index < -0.39 is 63.4 Å². The molecule has 1 fully saturated rings. The van der Waals surface area contributed by atoms with Crippen LogP contribution in [0.5, 0.6) is 0 Å². The maximum Gasteiger partial charge on any atom is 0.512 e. The first-order valence-electron chi connectivity index (χ1n) is 8.69. The van der Waals surface area contributed by atoms with Gasteiger partial charge < -0.3 is 19.9 Å². The predicted octanol–water partition coefficient (Wildman–Crippen LogP) is 0.159. The Kier molecular flexibility index (Phi) is 5.53. The molecule has 1 aromatic rings. The minimum atomic E-state index is -4.04. The van der Waals surface area contributed by atoms with Crippen LogP contribution < -0.4 is 5.32 Å². The maximum absolute atomic E-state index is 12.7. The van der Waals surface area contributed by atoms with Crippen LogP contribution in [0.15, 0.2) is 35.7 Å². The number of sulfone groups is 1. The second-order valence-corrected chi connectivity index (χ2v) is 8.88. The lowest BCUT2D eigenvalue weighted by atomic mass is 10.0. The molecule has 2 N–H and O–H groups in total. The molecule has 1 unspecified atom stereocenters. The number of hydrogen-bond donors (Lipinski definition) is 2. The number of aryl methyl sites for hydroxylation is 1. The quantitative estimate of drug-likeness (QED) is 0.483. The number of nitrogens with one attached hydrogen (secondary N) is 1. The Morgan fingerprint density at radius 1 is 1.23 bits per heavy atom. The van der Waals surface area contributed by atoms with Gasteiger partial charge in [0, 0.05) is 18.1 Å². The molecule has 0 radical (unpaired) electrons. The number of β-lactam (4-membered cyclic amide) rings is 1. The molecule has 0 spiro atoms. The van der Waals surface area contributed by atoms with Crippen molar-refractivity contribution >= 4 is 33.8 Å². The first-order chi connectivity index (χ1) is 14.0. The fourth-order valence-electron chi connectivity index (χ4n) is 3.17. The number of hydrogen-bond acceptors (Lipinski definition) is 8. The zero-order valence-electron chi connectivity index (χ0n) is 15.9. The molecular weight excluding hydrogens is 420 g/mol. The number of esters is 1. The molecule has 2 amide bonds. The van der Waals surface area contributed by atoms with E-state index in [-0.39, 0.29) is 11.1 Å². The largest absolute Gasteiger partial charge is 0.512 e. The Morgan fingerprint density at radius 3 is 2.43 bits per heavy atom. The van der Waals surface area contributed by atoms with Crippen molar-refractivity contribution < 1.29 is 42.2 Å². The summed E-state index contributed by atoms with van der Waals surface area (Å²) in [6, 6.07) is 5.01. The molecule has 1 saturated heterocycles. The van der Waals surface area contributed by atoms with E-state index in [9.17, 15) is 27.6 Å². The van der Waals surface area contributed by atoms with E-state index in [2.05, 4.69) is 10.1 Å². The lowest BCUT2D eigenvalue weighted by molar-refractivity contribution is -0.146. The van der Waals surface area contributed by atoms with E-state index >= 15 is 0 Å². The van der Waals surface area contributed by atoms with Crippen molar-refractivity contribution in [2.45, 2.75) is 25.3 Å². The van der Waals surface area contributed by atoms with Crippen molar-refractivity contribution in [3.63, 3.8) is 0 Å². The van der Waals surface area contributed by atoms with Gasteiger partial charge in [0.2, 0.25) is 5.88 Å². The first kappa shape index (κ1) is 21.3. The normalized spacial score (nSPS) is 21.9. The molecule has 2 atom stereocenters. The lowest BCUT2D eigenvalue weighted by Crippen LogP contribution is -2.74. The van der Waals surface area contributed by atoms with Gasteiger partial charge in [-0.15, -0.1) is 0 Å². The zero-order valence-corrected chi connectivity index (χ0v) is 16.8. The molecule has 11 nitrogen and oxygen atoms in total. The highest BCUT2D eigenvalue weighted by atomic mass is 32.2. The van der Waals surface area contributed by atoms with Crippen LogP contribution in [-0.2, 0) is 28.9 Å². The van der Waals surface area contributed by atoms with Gasteiger partial charge in [0.25, 0.3) is 11.8 Å². The summed E-state index contributed by atoms with van der Waals surface area (Å²) < 4.78 is 34.8. The number of fused-ring (bicyclic) bond motifs is 1. The predicted molar refractivity (Wildman–Crippen MR) is 99.6 cm³/mol. The molecule has 0 saturated carbocycles. The van der Waals surface area contributed by atoms with E-state index in [0.717, 1.165) is 12.5 Å². The highest BCUT2D eigenvalue weighted by Crippen LogP contribution is 2.37. The summed E-state index contributed by atoms with van der Waals surface area (Å²) in [6.07, 6.45) is -1.77. The molecule has 2 aliphatic heterocycles. The van der Waals surface area contributed by atoms with E-state index in [0.29, 0.717) is 4.90 Å². The van der Waals surface area contributed by atoms with E-state index in [4.69, 9.17) is 9.84 Å². The van der Waals surface area contributed by atoms with Gasteiger partial charge in [-0.1, -0.05) is 17.7 Å². The highest BCUT2D eigenvalue weighted by Gasteiger charge is 2.60. The van der Waals surface area contributed by atoms with Crippen molar-refractivity contribution in [1.82, 2.24) is 10.2 Å². The van der Waals surface area contributed by atoms with Crippen molar-refractivity contribution in [3.8, 4) is 0 Å². The van der Waals surface area contributed by atoms with Crippen molar-refractivity contribution in [1.29, 1.82) is 0 Å². The van der Waals surface area contributed by atoms with Crippen LogP contribution >= 0.6 is 0 Å². The molecule has 0 bridgehead atoms. The molecule has 2 aliphatic rings. The van der Waals surface area contributed by atoms with Crippen LogP contribution in [0, 0.1) is 6.92 Å². The fraction of sp³-hybridized carbons (Fsp3) is 0.333. The van der Waals surface area contributed by atoms with E-state index in [1.54, 1.807) is 12.1 Å². The number of nitrogens with zero attached hydrogens (tertiary/aromatic N) is 1. The van der Waals surface area contributed by atoms with Gasteiger partial charge in [0.15, 0.2) is 15.2 Å². The average molecular weight is 438 g/mol. The van der Waals surface area contributed by atoms with Gasteiger partial charge >= 0.3 is 12.1 Å². The highest BCUT2D eigenvalue weighted by molar-refractivity contribution is 7.92. The van der Waals surface area contributed by atoms with Crippen LogP contribution in [0.4, 0.5) is 4.79 Å². The van der Waals surface area contributed by atoms with E-state index in [1.807, 2.05) is 6.92 Å². The molecule has 3 rings (SSSR count). The van der Waals surface area contributed by atoms with Crippen LogP contribution in [-0.4, -0.2) is 66.1 Å². The third kappa shape index (κ3) is 3.99. The third-order valence-electron chi connectivity index (χ3n) is 4.54. The maximum atomic E-state index is 12.7. The molecule has 2 heterocycles. The van der Waals surface area contributed by atoms with Crippen LogP contribution in [0.3, 0.4) is 0 Å². The smallest absolute Gasteiger partial charge is 0.461 e. The van der Waals surface area contributed by atoms with Crippen LogP contribution in [0.2, 0.25) is 0 Å². The second-order valence-electron chi connectivity index (χ2n) is 6.78. The van der Waals surface area contributed by atoms with Gasteiger partial charge in [0.1, 0.15) is 12.6 Å². The monoisotopic (exact) mass is 438 g/mol. The minimum absolute atomic E-state index is 0.194. The second kappa shape index (κ2) is 7.78. The molecule has 12 heteroatoms. The van der Waals surface area contributed by atoms with Crippen molar-refractivity contribution in [2.24, 2.45) is 0 Å². The molecule has 160 valence electrons. The zero-order chi connectivity index (χ0) is 22.2. The number of carboxylic acid groups (broad SMARTS) is 1. The Labute approximate surface area is 171 Å². The summed E-state index contributed by atoms with van der Waals surface area (Å²) in [4.78, 5) is 47.8. The lowest BCUT2D eigenvalue weighted by Gasteiger charge is -2.48. The first-order valence-corrected chi connectivity index (χ1v) is 10.4. The van der Waals surface area contributed by atoms with Crippen molar-refractivity contribution in [3.05, 3.63) is 46.8 Å². The average Bonchev–Trinajstić information content (AvgIpc) is 2.65. The molecular formula is C18H18N2O9S. The van der Waals surface area contributed by atoms with Crippen molar-refractivity contribution in [2.75, 3.05) is 12.4 Å². The number of carbonyl (C=O) groups is 4. The summed E-state index contributed by atoms with van der Waals surface area (Å²) in [5, 5.41) is 9.81. The Bertz CT molecular complexity index is 1060. The van der Waals surface area contributed by atoms with Gasteiger partial charge in [0.05, 0.1) is 5.75 Å². The van der Waals surface area contributed by atoms with Crippen LogP contribution in [0.1, 0.15) is 22.8 Å². The summed E-state index contributed by atoms with van der Waals surface area (Å²) in [5.74, 6) is -3.47. The Hall–Kier alpha value is -3.41. The SMILES string of the molecule is CC(=O)OCC1=C(OC(=O)O)N2C(=O)C(NC(=O)c3ccc(C)cc3)[C@@H]2S(=O)(=O)C1. The van der Waals surface area contributed by atoms with Gasteiger partial charge in [-0.25, -0.2) is 13.2 Å². The number of ether oxygens (including phenoxy) is 2. The third-order valence-corrected chi connectivity index (χ3v) is 6.51. The molecule has 30 heavy (non-hydrogen) atoms. The molecule has 0 aliphatic carbocycles. The van der Waals surface area contributed by atoms with Gasteiger partial charge in [-0.2, -0.15) is 0 Å². The summed E-state index contributed by atoms with van der Waals surface area (Å²) in [7, 11) is -4.04. The van der Waals surface area contributed by atoms with Crippen LogP contribution in [0.25, 0.3) is 0 Å². The number of rotatable bonds is 5.